The normalized spacial score (nSPS) is 33.7. The summed E-state index contributed by atoms with van der Waals surface area (Å²) >= 11 is 0. The highest BCUT2D eigenvalue weighted by Gasteiger charge is 2.58. The molecular formula is C42H63N5O15S2. The number of nitrogens with one attached hydrogen (secondary N) is 2. The Morgan fingerprint density at radius 1 is 1.14 bits per heavy atom. The quantitative estimate of drug-likeness (QED) is 0.0196. The van der Waals surface area contributed by atoms with Crippen LogP contribution in [0, 0.1) is 23.2 Å². The molecule has 0 aromatic rings. The number of carbonyl (C=O) groups excluding carboxylic acids is 1. The van der Waals surface area contributed by atoms with E-state index in [4.69, 9.17) is 29.4 Å². The summed E-state index contributed by atoms with van der Waals surface area (Å²) in [4.78, 5) is 33.5. The number of aliphatic imine (C=N–C) groups is 1. The molecule has 64 heavy (non-hydrogen) atoms. The van der Waals surface area contributed by atoms with E-state index in [2.05, 4.69) is 22.2 Å². The van der Waals surface area contributed by atoms with E-state index in [1.165, 1.54) is 25.6 Å². The number of fused-ring (bicyclic) bond motifs is 5. The molecule has 2 aliphatic carbocycles. The van der Waals surface area contributed by atoms with Crippen molar-refractivity contribution in [1.29, 1.82) is 0 Å². The van der Waals surface area contributed by atoms with Gasteiger partial charge >= 0.3 is 11.9 Å². The Morgan fingerprint density at radius 2 is 1.89 bits per heavy atom. The molecule has 22 heteroatoms. The standard InChI is InChI=1S/C42H63N5O15S2/c1-3-25-26-8-7-23-15-47(16-27(36(53)54)33(23)46-40(43)45-13-6-14-48)24(17-49)21-63-64-22-29-30(9-12-41(29)10-4-5-11-41)59-37(55)28(26)20-58-38(25)62-39-35(61-32(19-51)44-2)42(56,57)34(52)31(18-50)60-39/h3,7-8,16,20,24-26,29-32,34-35,38-39,44,48-52,56-57H,1,4-6,9-15,17-19,21-22H2,2H3,(H,53,54)(H3,43,45,46). The number of aliphatic hydroxyl groups is 7. The number of nitrogens with two attached hydrogens (primary N) is 1. The summed E-state index contributed by atoms with van der Waals surface area (Å²) in [7, 11) is 4.65. The van der Waals surface area contributed by atoms with Crippen LogP contribution in [0.1, 0.15) is 44.9 Å². The predicted octanol–water partition coefficient (Wildman–Crippen LogP) is -0.637. The second-order valence-electron chi connectivity index (χ2n) is 16.8. The Morgan fingerprint density at radius 3 is 2.55 bits per heavy atom. The lowest BCUT2D eigenvalue weighted by atomic mass is 9.77. The number of carboxylic acids is 1. The maximum absolute atomic E-state index is 14.6. The van der Waals surface area contributed by atoms with Gasteiger partial charge in [0.1, 0.15) is 24.5 Å². The van der Waals surface area contributed by atoms with Crippen LogP contribution in [0.3, 0.4) is 0 Å². The fourth-order valence-electron chi connectivity index (χ4n) is 9.47. The summed E-state index contributed by atoms with van der Waals surface area (Å²) in [6, 6.07) is -0.499. The van der Waals surface area contributed by atoms with Crippen LogP contribution in [-0.2, 0) is 33.3 Å². The topological polar surface area (TPSA) is 308 Å². The number of carbonyl (C=O) groups is 2. The Kier molecular flexibility index (Phi) is 17.7. The Hall–Kier alpha value is -3.23. The van der Waals surface area contributed by atoms with E-state index in [-0.39, 0.29) is 60.4 Å². The maximum atomic E-state index is 14.6. The number of aliphatic hydroxyl groups excluding tert-OH is 5. The number of ether oxygens (including phenoxy) is 5. The zero-order valence-corrected chi connectivity index (χ0v) is 37.4. The van der Waals surface area contributed by atoms with Gasteiger partial charge in [0.2, 0.25) is 12.1 Å². The van der Waals surface area contributed by atoms with E-state index < -0.39 is 92.0 Å². The zero-order chi connectivity index (χ0) is 46.2. The molecule has 6 rings (SSSR count). The van der Waals surface area contributed by atoms with Crippen molar-refractivity contribution in [2.75, 3.05) is 58.1 Å². The monoisotopic (exact) mass is 941 g/mol. The molecule has 6 aliphatic rings. The SMILES string of the molecule is C=CC1C(OC2OC(CO)C(O)C(O)(O)C2OC(CO)NC)OC=C2C(=O)OC3CCC4(CCCC4)C3CSSCC(CO)N3C=C(C(=O)O)C(NC(N)=NCCCO)=C(C=CC21)C3. The highest BCUT2D eigenvalue weighted by atomic mass is 33.1. The Labute approximate surface area is 379 Å². The van der Waals surface area contributed by atoms with E-state index >= 15 is 0 Å². The minimum Gasteiger partial charge on any atom is -0.478 e. The minimum atomic E-state index is -3.08. The number of hydrogen-bond donors (Lipinski definition) is 11. The maximum Gasteiger partial charge on any atom is 0.339 e. The van der Waals surface area contributed by atoms with E-state index in [1.54, 1.807) is 38.6 Å². The first-order valence-electron chi connectivity index (χ1n) is 21.6. The highest BCUT2D eigenvalue weighted by molar-refractivity contribution is 8.76. The lowest BCUT2D eigenvalue weighted by molar-refractivity contribution is -0.416. The van der Waals surface area contributed by atoms with Crippen LogP contribution in [0.25, 0.3) is 0 Å². The van der Waals surface area contributed by atoms with Gasteiger partial charge in [-0.3, -0.25) is 10.3 Å². The number of likely N-dealkylation sites (N-methyl/N-ethyl adjacent to an activating group) is 1. The summed E-state index contributed by atoms with van der Waals surface area (Å²) in [5.74, 6) is -5.90. The summed E-state index contributed by atoms with van der Waals surface area (Å²) in [5.41, 5.74) is 6.64. The first-order valence-corrected chi connectivity index (χ1v) is 24.1. The molecule has 1 spiro atoms. The molecule has 12 N–H and O–H groups in total. The third kappa shape index (κ3) is 11.0. The summed E-state index contributed by atoms with van der Waals surface area (Å²) < 4.78 is 30.3. The Balaban J connectivity index is 1.44. The van der Waals surface area contributed by atoms with Crippen molar-refractivity contribution in [3.05, 3.63) is 59.7 Å². The number of nitrogens with zero attached hydrogens (tertiary/aromatic N) is 2. The van der Waals surface area contributed by atoms with Crippen molar-refractivity contribution in [3.63, 3.8) is 0 Å². The van der Waals surface area contributed by atoms with Gasteiger partial charge in [-0.15, -0.1) is 6.58 Å². The van der Waals surface area contributed by atoms with Crippen molar-refractivity contribution in [2.24, 2.45) is 33.9 Å². The van der Waals surface area contributed by atoms with E-state index in [1.807, 2.05) is 0 Å². The average Bonchev–Trinajstić information content (AvgIpc) is 3.89. The largest absolute Gasteiger partial charge is 0.478 e. The molecular weight excluding hydrogens is 879 g/mol. The van der Waals surface area contributed by atoms with Crippen LogP contribution in [0.2, 0.25) is 0 Å². The molecule has 1 saturated heterocycles. The summed E-state index contributed by atoms with van der Waals surface area (Å²) in [6.45, 7) is 2.38. The molecule has 4 aliphatic heterocycles. The number of aliphatic carboxylic acids is 1. The van der Waals surface area contributed by atoms with Crippen LogP contribution in [-0.4, -0.2) is 177 Å². The second kappa shape index (κ2) is 22.5. The van der Waals surface area contributed by atoms with Gasteiger partial charge in [0, 0.05) is 49.2 Å². The van der Waals surface area contributed by atoms with Gasteiger partial charge in [-0.2, -0.15) is 0 Å². The zero-order valence-electron chi connectivity index (χ0n) is 35.8. The summed E-state index contributed by atoms with van der Waals surface area (Å²) in [5, 5.41) is 89.2. The highest BCUT2D eigenvalue weighted by Crippen LogP contribution is 2.57. The van der Waals surface area contributed by atoms with Crippen LogP contribution in [0.5, 0.6) is 0 Å². The smallest absolute Gasteiger partial charge is 0.339 e. The van der Waals surface area contributed by atoms with Crippen molar-refractivity contribution < 1.29 is 74.1 Å². The number of guanidine groups is 1. The predicted molar refractivity (Wildman–Crippen MR) is 234 cm³/mol. The van der Waals surface area contributed by atoms with Gasteiger partial charge in [-0.1, -0.05) is 52.7 Å². The first kappa shape index (κ1) is 50.2. The molecule has 20 nitrogen and oxygen atoms in total. The molecule has 0 radical (unpaired) electrons. The molecule has 11 unspecified atom stereocenters. The van der Waals surface area contributed by atoms with Gasteiger partial charge in [0.25, 0.3) is 0 Å². The molecule has 2 saturated carbocycles. The van der Waals surface area contributed by atoms with E-state index in [0.717, 1.165) is 32.1 Å². The van der Waals surface area contributed by atoms with Gasteiger partial charge in [-0.25, -0.2) is 9.59 Å². The second-order valence-corrected chi connectivity index (χ2v) is 19.4. The number of allylic oxidation sites excluding steroid dienone is 1. The molecule has 2 bridgehead atoms. The van der Waals surface area contributed by atoms with Crippen molar-refractivity contribution in [2.45, 2.75) is 100.0 Å². The fourth-order valence-corrected chi connectivity index (χ4v) is 12.3. The molecule has 0 aromatic carbocycles. The van der Waals surface area contributed by atoms with E-state index in [0.29, 0.717) is 29.9 Å². The first-order chi connectivity index (χ1) is 30.7. The Bertz CT molecular complexity index is 1800. The van der Waals surface area contributed by atoms with Crippen LogP contribution in [0.4, 0.5) is 0 Å². The average molecular weight is 942 g/mol. The minimum absolute atomic E-state index is 0.0214. The van der Waals surface area contributed by atoms with Crippen LogP contribution < -0.4 is 16.4 Å². The van der Waals surface area contributed by atoms with Crippen molar-refractivity contribution >= 4 is 39.5 Å². The molecule has 0 amide bonds. The van der Waals surface area contributed by atoms with Gasteiger partial charge < -0.3 is 80.5 Å². The molecule has 4 heterocycles. The van der Waals surface area contributed by atoms with Crippen LogP contribution >= 0.6 is 21.6 Å². The number of hydrogen-bond acceptors (Lipinski definition) is 19. The third-order valence-corrected chi connectivity index (χ3v) is 15.5. The van der Waals surface area contributed by atoms with Crippen LogP contribution in [0.15, 0.2) is 64.7 Å². The lowest BCUT2D eigenvalue weighted by Crippen LogP contribution is -2.69. The third-order valence-electron chi connectivity index (χ3n) is 13.1. The molecule has 3 fully saturated rings. The van der Waals surface area contributed by atoms with E-state index in [9.17, 15) is 50.4 Å². The molecule has 358 valence electrons. The van der Waals surface area contributed by atoms with Gasteiger partial charge in [0.05, 0.1) is 54.9 Å². The van der Waals surface area contributed by atoms with Crippen molar-refractivity contribution in [1.82, 2.24) is 15.5 Å². The number of carboxylic acid groups (broad SMARTS) is 1. The summed E-state index contributed by atoms with van der Waals surface area (Å²) in [6.07, 6.45) is 3.21. The number of esters is 1. The molecule has 0 aromatic heterocycles. The fraction of sp³-hybridized carbons (Fsp3) is 0.690. The van der Waals surface area contributed by atoms with Crippen molar-refractivity contribution in [3.8, 4) is 0 Å². The van der Waals surface area contributed by atoms with Gasteiger partial charge in [-0.05, 0) is 50.1 Å². The lowest BCUT2D eigenvalue weighted by Gasteiger charge is -2.48. The number of rotatable bonds is 14. The molecule has 11 atom stereocenters. The van der Waals surface area contributed by atoms with Gasteiger partial charge in [0.15, 0.2) is 18.4 Å².